The van der Waals surface area contributed by atoms with E-state index in [1.807, 2.05) is 6.20 Å². The highest BCUT2D eigenvalue weighted by Crippen LogP contribution is 2.40. The quantitative estimate of drug-likeness (QED) is 0.911. The minimum Gasteiger partial charge on any atom is -0.322 e. The van der Waals surface area contributed by atoms with Gasteiger partial charge in [0.2, 0.25) is 0 Å². The molecule has 3 rings (SSSR count). The van der Waals surface area contributed by atoms with E-state index in [-0.39, 0.29) is 0 Å². The fraction of sp³-hybridized carbons (Fsp3) is 0.727. The van der Waals surface area contributed by atoms with E-state index in [4.69, 9.17) is 0 Å². The first-order chi connectivity index (χ1) is 7.34. The third-order valence-corrected chi connectivity index (χ3v) is 4.02. The van der Waals surface area contributed by atoms with Crippen molar-refractivity contribution in [2.24, 2.45) is 5.92 Å². The summed E-state index contributed by atoms with van der Waals surface area (Å²) < 4.78 is 3.52. The second kappa shape index (κ2) is 3.91. The molecule has 0 amide bonds. The van der Waals surface area contributed by atoms with Gasteiger partial charge in [-0.25, -0.2) is 4.98 Å². The lowest BCUT2D eigenvalue weighted by Gasteiger charge is -2.13. The van der Waals surface area contributed by atoms with Crippen LogP contribution in [0.1, 0.15) is 31.0 Å². The van der Waals surface area contributed by atoms with Gasteiger partial charge in [-0.2, -0.15) is 0 Å². The minimum atomic E-state index is 0.741. The van der Waals surface area contributed by atoms with Gasteiger partial charge in [0.25, 0.3) is 0 Å². The molecular formula is C11H16BrN3. The first kappa shape index (κ1) is 9.85. The van der Waals surface area contributed by atoms with Crippen LogP contribution in [0, 0.1) is 5.92 Å². The van der Waals surface area contributed by atoms with E-state index in [0.29, 0.717) is 0 Å². The molecule has 1 unspecified atom stereocenters. The fourth-order valence-electron chi connectivity index (χ4n) is 2.34. The zero-order chi connectivity index (χ0) is 10.3. The molecule has 15 heavy (non-hydrogen) atoms. The number of nitrogens with one attached hydrogen (secondary N) is 1. The second-order valence-electron chi connectivity index (χ2n) is 4.68. The zero-order valence-corrected chi connectivity index (χ0v) is 10.3. The summed E-state index contributed by atoms with van der Waals surface area (Å²) in [5.41, 5.74) is 0. The maximum Gasteiger partial charge on any atom is 0.112 e. The SMILES string of the molecule is Brc1cnc(C2CC2)n1CC1CCNC1. The van der Waals surface area contributed by atoms with Crippen molar-refractivity contribution in [3.63, 3.8) is 0 Å². The topological polar surface area (TPSA) is 29.9 Å². The first-order valence-corrected chi connectivity index (χ1v) is 6.55. The van der Waals surface area contributed by atoms with Crippen molar-refractivity contribution in [2.45, 2.75) is 31.7 Å². The number of halogens is 1. The van der Waals surface area contributed by atoms with Crippen LogP contribution in [0.4, 0.5) is 0 Å². The molecule has 1 N–H and O–H groups in total. The average molecular weight is 270 g/mol. The predicted octanol–water partition coefficient (Wildman–Crippen LogP) is 2.13. The van der Waals surface area contributed by atoms with Gasteiger partial charge >= 0.3 is 0 Å². The normalized spacial score (nSPS) is 26.1. The van der Waals surface area contributed by atoms with Crippen LogP contribution in [0.25, 0.3) is 0 Å². The molecule has 0 radical (unpaired) electrons. The van der Waals surface area contributed by atoms with E-state index >= 15 is 0 Å². The maximum atomic E-state index is 4.52. The Labute approximate surface area is 98.4 Å². The molecule has 4 heteroatoms. The van der Waals surface area contributed by atoms with Crippen molar-refractivity contribution in [3.05, 3.63) is 16.6 Å². The Hall–Kier alpha value is -0.350. The van der Waals surface area contributed by atoms with Crippen LogP contribution >= 0.6 is 15.9 Å². The van der Waals surface area contributed by atoms with E-state index in [1.165, 1.54) is 31.6 Å². The summed E-state index contributed by atoms with van der Waals surface area (Å²) in [6, 6.07) is 0. The molecule has 0 bridgehead atoms. The summed E-state index contributed by atoms with van der Waals surface area (Å²) in [6.45, 7) is 3.46. The second-order valence-corrected chi connectivity index (χ2v) is 5.50. The molecular weight excluding hydrogens is 254 g/mol. The molecule has 0 spiro atoms. The highest BCUT2D eigenvalue weighted by molar-refractivity contribution is 9.10. The van der Waals surface area contributed by atoms with E-state index in [9.17, 15) is 0 Å². The Kier molecular flexibility index (Phi) is 2.56. The summed E-state index contributed by atoms with van der Waals surface area (Å²) in [5, 5.41) is 3.42. The standard InChI is InChI=1S/C11H16BrN3/c12-10-6-14-11(9-1-2-9)15(10)7-8-3-4-13-5-8/h6,8-9,13H,1-5,7H2. The van der Waals surface area contributed by atoms with Gasteiger partial charge in [-0.15, -0.1) is 0 Å². The number of imidazole rings is 1. The minimum absolute atomic E-state index is 0.741. The summed E-state index contributed by atoms with van der Waals surface area (Å²) in [4.78, 5) is 4.52. The molecule has 2 heterocycles. The molecule has 82 valence electrons. The van der Waals surface area contributed by atoms with Crippen molar-refractivity contribution in [1.29, 1.82) is 0 Å². The third-order valence-electron chi connectivity index (χ3n) is 3.38. The van der Waals surface area contributed by atoms with Crippen LogP contribution in [-0.2, 0) is 6.54 Å². The van der Waals surface area contributed by atoms with Crippen molar-refractivity contribution in [2.75, 3.05) is 13.1 Å². The van der Waals surface area contributed by atoms with Gasteiger partial charge in [0.05, 0.1) is 6.20 Å². The number of hydrogen-bond acceptors (Lipinski definition) is 2. The van der Waals surface area contributed by atoms with Crippen LogP contribution in [0.3, 0.4) is 0 Å². The van der Waals surface area contributed by atoms with Crippen molar-refractivity contribution >= 4 is 15.9 Å². The molecule has 1 aliphatic heterocycles. The van der Waals surface area contributed by atoms with E-state index in [2.05, 4.69) is 30.8 Å². The molecule has 1 atom stereocenters. The number of rotatable bonds is 3. The molecule has 1 aliphatic carbocycles. The smallest absolute Gasteiger partial charge is 0.112 e. The van der Waals surface area contributed by atoms with Crippen LogP contribution < -0.4 is 5.32 Å². The van der Waals surface area contributed by atoms with Gasteiger partial charge in [0.1, 0.15) is 10.4 Å². The van der Waals surface area contributed by atoms with Gasteiger partial charge in [-0.05, 0) is 54.2 Å². The highest BCUT2D eigenvalue weighted by atomic mass is 79.9. The maximum absolute atomic E-state index is 4.52. The van der Waals surface area contributed by atoms with Crippen molar-refractivity contribution in [3.8, 4) is 0 Å². The Morgan fingerprint density at radius 1 is 1.47 bits per heavy atom. The van der Waals surface area contributed by atoms with Gasteiger partial charge in [-0.3, -0.25) is 0 Å². The summed E-state index contributed by atoms with van der Waals surface area (Å²) in [5.74, 6) is 2.83. The third kappa shape index (κ3) is 1.97. The summed E-state index contributed by atoms with van der Waals surface area (Å²) in [6.07, 6.45) is 5.91. The zero-order valence-electron chi connectivity index (χ0n) is 8.75. The number of aromatic nitrogens is 2. The molecule has 3 nitrogen and oxygen atoms in total. The number of nitrogens with zero attached hydrogens (tertiary/aromatic N) is 2. The van der Waals surface area contributed by atoms with Crippen molar-refractivity contribution < 1.29 is 0 Å². The molecule has 0 aromatic carbocycles. The Balaban J connectivity index is 1.79. The lowest BCUT2D eigenvalue weighted by atomic mass is 10.1. The van der Waals surface area contributed by atoms with E-state index in [1.54, 1.807) is 0 Å². The van der Waals surface area contributed by atoms with Crippen LogP contribution in [0.5, 0.6) is 0 Å². The average Bonchev–Trinajstić information content (AvgIpc) is 2.82. The lowest BCUT2D eigenvalue weighted by Crippen LogP contribution is -2.16. The summed E-state index contributed by atoms with van der Waals surface area (Å²) in [7, 11) is 0. The molecule has 2 aliphatic rings. The van der Waals surface area contributed by atoms with Crippen LogP contribution in [-0.4, -0.2) is 22.6 Å². The monoisotopic (exact) mass is 269 g/mol. The molecule has 2 fully saturated rings. The van der Waals surface area contributed by atoms with Crippen molar-refractivity contribution in [1.82, 2.24) is 14.9 Å². The Morgan fingerprint density at radius 3 is 3.00 bits per heavy atom. The molecule has 1 aromatic rings. The Morgan fingerprint density at radius 2 is 2.33 bits per heavy atom. The van der Waals surface area contributed by atoms with Gasteiger partial charge in [-0.1, -0.05) is 0 Å². The van der Waals surface area contributed by atoms with Gasteiger partial charge in [0.15, 0.2) is 0 Å². The molecule has 1 aromatic heterocycles. The Bertz CT molecular complexity index is 351. The number of hydrogen-bond donors (Lipinski definition) is 1. The summed E-state index contributed by atoms with van der Waals surface area (Å²) >= 11 is 3.60. The largest absolute Gasteiger partial charge is 0.322 e. The predicted molar refractivity (Wildman–Crippen MR) is 62.9 cm³/mol. The molecule has 1 saturated carbocycles. The van der Waals surface area contributed by atoms with Gasteiger partial charge < -0.3 is 9.88 Å². The van der Waals surface area contributed by atoms with E-state index < -0.39 is 0 Å². The van der Waals surface area contributed by atoms with Crippen LogP contribution in [0.15, 0.2) is 10.8 Å². The van der Waals surface area contributed by atoms with Crippen LogP contribution in [0.2, 0.25) is 0 Å². The highest BCUT2D eigenvalue weighted by Gasteiger charge is 2.30. The lowest BCUT2D eigenvalue weighted by molar-refractivity contribution is 0.465. The fourth-order valence-corrected chi connectivity index (χ4v) is 2.77. The van der Waals surface area contributed by atoms with E-state index in [0.717, 1.165) is 29.5 Å². The first-order valence-electron chi connectivity index (χ1n) is 5.76. The molecule has 1 saturated heterocycles. The van der Waals surface area contributed by atoms with Gasteiger partial charge in [0, 0.05) is 12.5 Å².